The number of alkyl halides is 3. The number of nitrogen functional groups attached to an aromatic ring is 1. The van der Waals surface area contributed by atoms with E-state index in [0.717, 1.165) is 28.0 Å². The lowest BCUT2D eigenvalue weighted by atomic mass is 10.1. The van der Waals surface area contributed by atoms with Crippen LogP contribution in [0.1, 0.15) is 11.1 Å². The zero-order valence-electron chi connectivity index (χ0n) is 11.0. The van der Waals surface area contributed by atoms with Gasteiger partial charge in [-0.3, -0.25) is 0 Å². The van der Waals surface area contributed by atoms with E-state index in [9.17, 15) is 13.2 Å². The Balaban J connectivity index is 2.10. The molecule has 21 heavy (non-hydrogen) atoms. The first kappa shape index (κ1) is 13.9. The Morgan fingerprint density at radius 1 is 1.10 bits per heavy atom. The first-order chi connectivity index (χ1) is 9.84. The van der Waals surface area contributed by atoms with E-state index in [1.807, 2.05) is 19.1 Å². The number of fused-ring (bicyclic) bond motifs is 1. The van der Waals surface area contributed by atoms with Gasteiger partial charge in [-0.1, -0.05) is 12.1 Å². The van der Waals surface area contributed by atoms with Crippen molar-refractivity contribution in [3.8, 4) is 10.6 Å². The van der Waals surface area contributed by atoms with Crippen LogP contribution in [0.2, 0.25) is 0 Å². The molecule has 108 valence electrons. The molecule has 0 spiro atoms. The normalized spacial score (nSPS) is 12.0. The molecule has 0 aliphatic carbocycles. The van der Waals surface area contributed by atoms with E-state index in [1.54, 1.807) is 6.07 Å². The summed E-state index contributed by atoms with van der Waals surface area (Å²) in [5.41, 5.74) is 7.94. The van der Waals surface area contributed by atoms with Crippen molar-refractivity contribution in [2.45, 2.75) is 13.1 Å². The number of hydrogen-bond donors (Lipinski definition) is 1. The molecule has 0 saturated carbocycles. The van der Waals surface area contributed by atoms with Crippen LogP contribution in [0.15, 0.2) is 36.4 Å². The highest BCUT2D eigenvalue weighted by Gasteiger charge is 2.30. The van der Waals surface area contributed by atoms with Crippen LogP contribution in [0.4, 0.5) is 18.9 Å². The van der Waals surface area contributed by atoms with Gasteiger partial charge in [0, 0.05) is 11.3 Å². The van der Waals surface area contributed by atoms with Crippen LogP contribution >= 0.6 is 11.3 Å². The predicted molar refractivity (Wildman–Crippen MR) is 79.2 cm³/mol. The maximum Gasteiger partial charge on any atom is 0.416 e. The second-order valence-electron chi connectivity index (χ2n) is 4.77. The number of aromatic nitrogens is 1. The summed E-state index contributed by atoms with van der Waals surface area (Å²) in [6, 6.07) is 9.14. The Labute approximate surface area is 123 Å². The average Bonchev–Trinajstić information content (AvgIpc) is 2.83. The highest BCUT2D eigenvalue weighted by Crippen LogP contribution is 2.35. The van der Waals surface area contributed by atoms with Gasteiger partial charge in [0.2, 0.25) is 0 Å². The molecular weight excluding hydrogens is 297 g/mol. The van der Waals surface area contributed by atoms with E-state index in [4.69, 9.17) is 5.73 Å². The Kier molecular flexibility index (Phi) is 3.13. The molecule has 2 nitrogen and oxygen atoms in total. The van der Waals surface area contributed by atoms with Crippen molar-refractivity contribution in [3.05, 3.63) is 47.5 Å². The van der Waals surface area contributed by atoms with Gasteiger partial charge in [-0.2, -0.15) is 13.2 Å². The lowest BCUT2D eigenvalue weighted by Crippen LogP contribution is -2.03. The fraction of sp³-hybridized carbons (Fsp3) is 0.133. The number of benzene rings is 2. The smallest absolute Gasteiger partial charge is 0.398 e. The van der Waals surface area contributed by atoms with E-state index in [-0.39, 0.29) is 0 Å². The van der Waals surface area contributed by atoms with Gasteiger partial charge in [0.25, 0.3) is 0 Å². The van der Waals surface area contributed by atoms with Gasteiger partial charge in [0.05, 0.1) is 15.8 Å². The van der Waals surface area contributed by atoms with E-state index in [1.165, 1.54) is 17.4 Å². The van der Waals surface area contributed by atoms with Crippen molar-refractivity contribution < 1.29 is 13.2 Å². The summed E-state index contributed by atoms with van der Waals surface area (Å²) >= 11 is 1.35. The van der Waals surface area contributed by atoms with Gasteiger partial charge in [0.15, 0.2) is 0 Å². The molecule has 0 fully saturated rings. The van der Waals surface area contributed by atoms with Crippen molar-refractivity contribution in [2.75, 3.05) is 5.73 Å². The Hall–Kier alpha value is -2.08. The highest BCUT2D eigenvalue weighted by atomic mass is 32.1. The molecule has 0 radical (unpaired) electrons. The molecule has 6 heteroatoms. The molecule has 3 rings (SSSR count). The van der Waals surface area contributed by atoms with Crippen molar-refractivity contribution in [2.24, 2.45) is 0 Å². The van der Waals surface area contributed by atoms with Crippen molar-refractivity contribution in [1.29, 1.82) is 0 Å². The second-order valence-corrected chi connectivity index (χ2v) is 5.80. The number of hydrogen-bond acceptors (Lipinski definition) is 3. The Morgan fingerprint density at radius 3 is 2.52 bits per heavy atom. The van der Waals surface area contributed by atoms with E-state index in [0.29, 0.717) is 16.2 Å². The molecule has 1 aromatic heterocycles. The van der Waals surface area contributed by atoms with Crippen LogP contribution < -0.4 is 5.73 Å². The minimum Gasteiger partial charge on any atom is -0.398 e. The second kappa shape index (κ2) is 4.73. The molecule has 1 heterocycles. The van der Waals surface area contributed by atoms with E-state index < -0.39 is 11.7 Å². The van der Waals surface area contributed by atoms with Gasteiger partial charge in [-0.05, 0) is 36.8 Å². The van der Waals surface area contributed by atoms with Gasteiger partial charge in [0.1, 0.15) is 5.01 Å². The van der Waals surface area contributed by atoms with E-state index >= 15 is 0 Å². The molecule has 3 aromatic rings. The maximum absolute atomic E-state index is 12.7. The SMILES string of the molecule is Cc1ccc(-c2nc3cc(C(F)(F)F)ccc3s2)cc1N. The number of nitrogens with two attached hydrogens (primary N) is 1. The summed E-state index contributed by atoms with van der Waals surface area (Å²) in [7, 11) is 0. The van der Waals surface area contributed by atoms with E-state index in [2.05, 4.69) is 4.98 Å². The molecule has 0 aliphatic rings. The summed E-state index contributed by atoms with van der Waals surface area (Å²) in [5.74, 6) is 0. The minimum atomic E-state index is -4.35. The summed E-state index contributed by atoms with van der Waals surface area (Å²) < 4.78 is 38.8. The zero-order chi connectivity index (χ0) is 15.2. The summed E-state index contributed by atoms with van der Waals surface area (Å²) in [5, 5.41) is 0.663. The van der Waals surface area contributed by atoms with Crippen LogP contribution in [-0.4, -0.2) is 4.98 Å². The van der Waals surface area contributed by atoms with Gasteiger partial charge < -0.3 is 5.73 Å². The number of aryl methyl sites for hydroxylation is 1. The zero-order valence-corrected chi connectivity index (χ0v) is 11.8. The van der Waals surface area contributed by atoms with Crippen molar-refractivity contribution in [1.82, 2.24) is 4.98 Å². The minimum absolute atomic E-state index is 0.351. The fourth-order valence-corrected chi connectivity index (χ4v) is 2.94. The molecule has 2 aromatic carbocycles. The predicted octanol–water partition coefficient (Wildman–Crippen LogP) is 4.87. The molecule has 0 amide bonds. The molecule has 0 saturated heterocycles. The third kappa shape index (κ3) is 2.58. The molecule has 0 aliphatic heterocycles. The highest BCUT2D eigenvalue weighted by molar-refractivity contribution is 7.21. The van der Waals surface area contributed by atoms with Gasteiger partial charge in [-0.15, -0.1) is 11.3 Å². The Bertz CT molecular complexity index is 821. The monoisotopic (exact) mass is 308 g/mol. The quantitative estimate of drug-likeness (QED) is 0.651. The van der Waals surface area contributed by atoms with Crippen molar-refractivity contribution >= 4 is 27.2 Å². The molecular formula is C15H11F3N2S. The van der Waals surface area contributed by atoms with Gasteiger partial charge in [-0.25, -0.2) is 4.98 Å². The maximum atomic E-state index is 12.7. The molecule has 0 atom stereocenters. The molecule has 0 bridgehead atoms. The van der Waals surface area contributed by atoms with Crippen LogP contribution in [0.3, 0.4) is 0 Å². The number of anilines is 1. The summed E-state index contributed by atoms with van der Waals surface area (Å²) in [6.45, 7) is 1.90. The van der Waals surface area contributed by atoms with Crippen LogP contribution in [-0.2, 0) is 6.18 Å². The first-order valence-electron chi connectivity index (χ1n) is 6.19. The largest absolute Gasteiger partial charge is 0.416 e. The third-order valence-electron chi connectivity index (χ3n) is 3.24. The third-order valence-corrected chi connectivity index (χ3v) is 4.33. The first-order valence-corrected chi connectivity index (χ1v) is 7.00. The number of thiazole rings is 1. The Morgan fingerprint density at radius 2 is 1.86 bits per heavy atom. The molecule has 0 unspecified atom stereocenters. The van der Waals surface area contributed by atoms with Crippen LogP contribution in [0.5, 0.6) is 0 Å². The lowest BCUT2D eigenvalue weighted by Gasteiger charge is -2.04. The standard InChI is InChI=1S/C15H11F3N2S/c1-8-2-3-9(6-11(8)19)14-20-12-7-10(15(16,17)18)4-5-13(12)21-14/h2-7H,19H2,1H3. The van der Waals surface area contributed by atoms with Gasteiger partial charge >= 0.3 is 6.18 Å². The number of halogens is 3. The number of nitrogens with zero attached hydrogens (tertiary/aromatic N) is 1. The van der Waals surface area contributed by atoms with Crippen LogP contribution in [0, 0.1) is 6.92 Å². The lowest BCUT2D eigenvalue weighted by molar-refractivity contribution is -0.137. The molecule has 2 N–H and O–H groups in total. The topological polar surface area (TPSA) is 38.9 Å². The fourth-order valence-electron chi connectivity index (χ4n) is 2.00. The average molecular weight is 308 g/mol. The van der Waals surface area contributed by atoms with Crippen LogP contribution in [0.25, 0.3) is 20.8 Å². The summed E-state index contributed by atoms with van der Waals surface area (Å²) in [6.07, 6.45) is -4.35. The summed E-state index contributed by atoms with van der Waals surface area (Å²) in [4.78, 5) is 4.29. The van der Waals surface area contributed by atoms with Crippen molar-refractivity contribution in [3.63, 3.8) is 0 Å². The number of rotatable bonds is 1.